The van der Waals surface area contributed by atoms with Crippen LogP contribution >= 0.6 is 38.9 Å². The third kappa shape index (κ3) is 4.73. The number of imidazole rings is 1. The van der Waals surface area contributed by atoms with Gasteiger partial charge in [-0.25, -0.2) is 9.97 Å². The molecule has 0 fully saturated rings. The van der Waals surface area contributed by atoms with Crippen LogP contribution < -0.4 is 5.32 Å². The number of pyridine rings is 1. The first-order valence-electron chi connectivity index (χ1n) is 8.46. The Balaban J connectivity index is 1.60. The van der Waals surface area contributed by atoms with Crippen LogP contribution in [-0.4, -0.2) is 20.5 Å². The number of benzene rings is 1. The number of rotatable bonds is 5. The molecule has 3 heterocycles. The van der Waals surface area contributed by atoms with Crippen LogP contribution in [0.15, 0.2) is 52.4 Å². The molecule has 4 nitrogen and oxygen atoms in total. The first kappa shape index (κ1) is 20.2. The summed E-state index contributed by atoms with van der Waals surface area (Å²) in [5.74, 6) is 0.307. The lowest BCUT2D eigenvalue weighted by Gasteiger charge is -2.09. The van der Waals surface area contributed by atoms with E-state index in [1.165, 1.54) is 11.3 Å². The number of hydrogen-bond donors (Lipinski definition) is 1. The number of hydrogen-bond acceptors (Lipinski definition) is 4. The first-order chi connectivity index (χ1) is 13.8. The van der Waals surface area contributed by atoms with Crippen LogP contribution in [0.4, 0.5) is 19.0 Å². The molecule has 0 aliphatic rings. The molecule has 10 heteroatoms. The van der Waals surface area contributed by atoms with Crippen molar-refractivity contribution in [1.82, 2.24) is 14.4 Å². The maximum absolute atomic E-state index is 13.0. The maximum atomic E-state index is 13.0. The summed E-state index contributed by atoms with van der Waals surface area (Å²) in [5, 5.41) is 6.38. The van der Waals surface area contributed by atoms with Crippen molar-refractivity contribution in [3.63, 3.8) is 0 Å². The van der Waals surface area contributed by atoms with Crippen molar-refractivity contribution < 1.29 is 13.2 Å². The van der Waals surface area contributed by atoms with Crippen molar-refractivity contribution in [2.75, 3.05) is 5.32 Å². The van der Waals surface area contributed by atoms with E-state index < -0.39 is 12.6 Å². The fraction of sp³-hybridized carbons (Fsp3) is 0.158. The highest BCUT2D eigenvalue weighted by Crippen LogP contribution is 2.29. The van der Waals surface area contributed by atoms with Gasteiger partial charge in [-0.05, 0) is 40.2 Å². The van der Waals surface area contributed by atoms with E-state index in [-0.39, 0.29) is 12.2 Å². The van der Waals surface area contributed by atoms with Crippen molar-refractivity contribution in [3.05, 3.63) is 68.2 Å². The van der Waals surface area contributed by atoms with E-state index in [2.05, 4.69) is 31.2 Å². The Bertz CT molecular complexity index is 1150. The topological polar surface area (TPSA) is 42.2 Å². The van der Waals surface area contributed by atoms with Crippen molar-refractivity contribution in [2.24, 2.45) is 0 Å². The second kappa shape index (κ2) is 7.97. The zero-order chi connectivity index (χ0) is 20.6. The van der Waals surface area contributed by atoms with Crippen LogP contribution in [0.3, 0.4) is 0 Å². The average Bonchev–Trinajstić information content (AvgIpc) is 3.24. The molecule has 1 aromatic carbocycles. The summed E-state index contributed by atoms with van der Waals surface area (Å²) in [6.45, 7) is 0.281. The van der Waals surface area contributed by atoms with Crippen LogP contribution in [0.5, 0.6) is 0 Å². The van der Waals surface area contributed by atoms with Crippen molar-refractivity contribution in [2.45, 2.75) is 19.1 Å². The lowest BCUT2D eigenvalue weighted by Crippen LogP contribution is -2.14. The van der Waals surface area contributed by atoms with Crippen LogP contribution in [0.2, 0.25) is 5.02 Å². The summed E-state index contributed by atoms with van der Waals surface area (Å²) < 4.78 is 41.4. The number of nitrogens with zero attached hydrogens (tertiary/aromatic N) is 3. The maximum Gasteiger partial charge on any atom is 0.394 e. The van der Waals surface area contributed by atoms with Crippen LogP contribution in [0.25, 0.3) is 16.9 Å². The molecule has 0 amide bonds. The molecule has 0 bridgehead atoms. The predicted molar refractivity (Wildman–Crippen MR) is 113 cm³/mol. The third-order valence-corrected chi connectivity index (χ3v) is 5.69. The highest BCUT2D eigenvalue weighted by molar-refractivity contribution is 9.10. The van der Waals surface area contributed by atoms with E-state index in [1.54, 1.807) is 34.9 Å². The Hall–Kier alpha value is -2.10. The van der Waals surface area contributed by atoms with Gasteiger partial charge in [0.05, 0.1) is 24.4 Å². The summed E-state index contributed by atoms with van der Waals surface area (Å²) in [7, 11) is 0. The molecule has 0 aliphatic heterocycles. The molecule has 150 valence electrons. The van der Waals surface area contributed by atoms with E-state index in [1.807, 2.05) is 17.5 Å². The summed E-state index contributed by atoms with van der Waals surface area (Å²) in [6.07, 6.45) is -3.78. The van der Waals surface area contributed by atoms with E-state index >= 15 is 0 Å². The van der Waals surface area contributed by atoms with E-state index in [4.69, 9.17) is 11.6 Å². The molecule has 29 heavy (non-hydrogen) atoms. The monoisotopic (exact) mass is 500 g/mol. The number of thiazole rings is 1. The fourth-order valence-corrected chi connectivity index (χ4v) is 4.08. The van der Waals surface area contributed by atoms with Gasteiger partial charge in [0.2, 0.25) is 0 Å². The molecule has 0 saturated carbocycles. The van der Waals surface area contributed by atoms with Gasteiger partial charge in [-0.2, -0.15) is 13.2 Å². The Morgan fingerprint density at radius 2 is 1.86 bits per heavy atom. The average molecular weight is 502 g/mol. The summed E-state index contributed by atoms with van der Waals surface area (Å²) in [4.78, 5) is 8.71. The molecule has 0 atom stereocenters. The van der Waals surface area contributed by atoms with Crippen LogP contribution in [0, 0.1) is 0 Å². The zero-order valence-electron chi connectivity index (χ0n) is 14.7. The molecule has 1 N–H and O–H groups in total. The number of anilines is 1. The quantitative estimate of drug-likeness (QED) is 0.335. The number of nitrogens with one attached hydrogen (secondary N) is 1. The smallest absolute Gasteiger partial charge is 0.363 e. The van der Waals surface area contributed by atoms with Crippen molar-refractivity contribution >= 4 is 50.3 Å². The van der Waals surface area contributed by atoms with Crippen molar-refractivity contribution in [3.8, 4) is 11.3 Å². The second-order valence-corrected chi connectivity index (χ2v) is 8.56. The normalized spacial score (nSPS) is 11.9. The molecular formula is C19H13BrClF3N4S. The molecule has 0 spiro atoms. The zero-order valence-corrected chi connectivity index (χ0v) is 17.8. The Morgan fingerprint density at radius 3 is 2.59 bits per heavy atom. The Labute approximate surface area is 181 Å². The minimum absolute atomic E-state index is 0.0509. The third-order valence-electron chi connectivity index (χ3n) is 4.12. The largest absolute Gasteiger partial charge is 0.394 e. The SMILES string of the molecule is FC(F)(F)Cc1nc2ccc(Br)cn2c1NCc1nc(-c2ccc(Cl)cc2)cs1. The lowest BCUT2D eigenvalue weighted by atomic mass is 10.2. The Morgan fingerprint density at radius 1 is 1.10 bits per heavy atom. The molecule has 0 saturated heterocycles. The lowest BCUT2D eigenvalue weighted by molar-refractivity contribution is -0.127. The van der Waals surface area contributed by atoms with Gasteiger partial charge in [0.25, 0.3) is 0 Å². The molecule has 0 aliphatic carbocycles. The van der Waals surface area contributed by atoms with E-state index in [9.17, 15) is 13.2 Å². The van der Waals surface area contributed by atoms with Crippen LogP contribution in [-0.2, 0) is 13.0 Å². The predicted octanol–water partition coefficient (Wildman–Crippen LogP) is 6.59. The minimum Gasteiger partial charge on any atom is -0.363 e. The van der Waals surface area contributed by atoms with Crippen molar-refractivity contribution in [1.29, 1.82) is 0 Å². The van der Waals surface area contributed by atoms with Gasteiger partial charge in [0.15, 0.2) is 0 Å². The van der Waals surface area contributed by atoms with Gasteiger partial charge < -0.3 is 5.32 Å². The van der Waals surface area contributed by atoms with E-state index in [0.29, 0.717) is 16.5 Å². The number of fused-ring (bicyclic) bond motifs is 1. The first-order valence-corrected chi connectivity index (χ1v) is 10.5. The molecular weight excluding hydrogens is 489 g/mol. The number of alkyl halides is 3. The molecule has 0 radical (unpaired) electrons. The number of aromatic nitrogens is 3. The summed E-state index contributed by atoms with van der Waals surface area (Å²) >= 11 is 10.7. The fourth-order valence-electron chi connectivity index (χ4n) is 2.87. The molecule has 0 unspecified atom stereocenters. The van der Waals surface area contributed by atoms with Gasteiger partial charge in [0, 0.05) is 26.6 Å². The molecule has 4 aromatic rings. The van der Waals surface area contributed by atoms with Gasteiger partial charge in [0.1, 0.15) is 16.5 Å². The minimum atomic E-state index is -4.35. The van der Waals surface area contributed by atoms with Gasteiger partial charge in [-0.15, -0.1) is 11.3 Å². The number of halogens is 5. The van der Waals surface area contributed by atoms with E-state index in [0.717, 1.165) is 20.7 Å². The summed E-state index contributed by atoms with van der Waals surface area (Å²) in [6, 6.07) is 10.7. The standard InChI is InChI=1S/C19H13BrClF3N4S/c20-12-3-6-16-26-14(7-19(22,23)24)18(28(16)9-12)25-8-17-27-15(10-29-17)11-1-4-13(21)5-2-11/h1-6,9-10,25H,7-8H2. The van der Waals surface area contributed by atoms with Gasteiger partial charge in [-0.1, -0.05) is 23.7 Å². The summed E-state index contributed by atoms with van der Waals surface area (Å²) in [5.41, 5.74) is 2.11. The van der Waals surface area contributed by atoms with Gasteiger partial charge in [-0.3, -0.25) is 4.40 Å². The molecule has 3 aromatic heterocycles. The van der Waals surface area contributed by atoms with Gasteiger partial charge >= 0.3 is 6.18 Å². The highest BCUT2D eigenvalue weighted by atomic mass is 79.9. The second-order valence-electron chi connectivity index (χ2n) is 6.26. The Kier molecular flexibility index (Phi) is 5.54. The highest BCUT2D eigenvalue weighted by Gasteiger charge is 2.31. The molecule has 4 rings (SSSR count). The van der Waals surface area contributed by atoms with Crippen LogP contribution in [0.1, 0.15) is 10.7 Å².